The molecule has 3 aromatic rings. The van der Waals surface area contributed by atoms with Crippen molar-refractivity contribution in [2.24, 2.45) is 0 Å². The molecule has 28 heavy (non-hydrogen) atoms. The molecule has 4 rings (SSSR count). The van der Waals surface area contributed by atoms with Gasteiger partial charge in [-0.1, -0.05) is 60.7 Å². The zero-order chi connectivity index (χ0) is 19.3. The van der Waals surface area contributed by atoms with Gasteiger partial charge in [-0.15, -0.1) is 0 Å². The molecule has 1 N–H and O–H groups in total. The van der Waals surface area contributed by atoms with Crippen LogP contribution in [0, 0.1) is 0 Å². The SMILES string of the molecule is O=C(c1cc2c([nH]c1=O)CCCC2)N(Cc1ccccc1)Cc1ccccc1. The van der Waals surface area contributed by atoms with Crippen molar-refractivity contribution in [1.29, 1.82) is 0 Å². The summed E-state index contributed by atoms with van der Waals surface area (Å²) >= 11 is 0. The van der Waals surface area contributed by atoms with E-state index < -0.39 is 0 Å². The van der Waals surface area contributed by atoms with Crippen LogP contribution in [0.15, 0.2) is 71.5 Å². The molecule has 142 valence electrons. The van der Waals surface area contributed by atoms with Gasteiger partial charge in [0.05, 0.1) is 0 Å². The number of aromatic amines is 1. The number of benzene rings is 2. The van der Waals surface area contributed by atoms with Gasteiger partial charge in [-0.05, 0) is 48.4 Å². The molecule has 0 radical (unpaired) electrons. The Balaban J connectivity index is 1.67. The van der Waals surface area contributed by atoms with Gasteiger partial charge in [0, 0.05) is 18.8 Å². The third kappa shape index (κ3) is 4.06. The zero-order valence-corrected chi connectivity index (χ0v) is 15.9. The summed E-state index contributed by atoms with van der Waals surface area (Å²) in [6.45, 7) is 0.927. The normalized spacial score (nSPS) is 13.0. The fourth-order valence-electron chi connectivity index (χ4n) is 3.81. The van der Waals surface area contributed by atoms with E-state index in [2.05, 4.69) is 4.98 Å². The smallest absolute Gasteiger partial charge is 0.261 e. The van der Waals surface area contributed by atoms with Crippen LogP contribution in [0.3, 0.4) is 0 Å². The molecule has 2 aromatic carbocycles. The third-order valence-electron chi connectivity index (χ3n) is 5.29. The van der Waals surface area contributed by atoms with Crippen LogP contribution < -0.4 is 5.56 Å². The van der Waals surface area contributed by atoms with Gasteiger partial charge in [0.2, 0.25) is 0 Å². The monoisotopic (exact) mass is 372 g/mol. The van der Waals surface area contributed by atoms with Gasteiger partial charge in [-0.2, -0.15) is 0 Å². The summed E-state index contributed by atoms with van der Waals surface area (Å²) in [5.74, 6) is -0.220. The van der Waals surface area contributed by atoms with Crippen molar-refractivity contribution in [3.8, 4) is 0 Å². The van der Waals surface area contributed by atoms with E-state index in [9.17, 15) is 9.59 Å². The first-order valence-electron chi connectivity index (χ1n) is 9.83. The zero-order valence-electron chi connectivity index (χ0n) is 15.9. The maximum absolute atomic E-state index is 13.4. The molecule has 0 fully saturated rings. The van der Waals surface area contributed by atoms with E-state index in [1.54, 1.807) is 4.90 Å². The van der Waals surface area contributed by atoms with E-state index in [0.717, 1.165) is 48.1 Å². The predicted octanol–water partition coefficient (Wildman–Crippen LogP) is 4.10. The van der Waals surface area contributed by atoms with Crippen LogP contribution in [0.25, 0.3) is 0 Å². The lowest BCUT2D eigenvalue weighted by Crippen LogP contribution is -2.35. The molecule has 1 aromatic heterocycles. The molecular formula is C24H24N2O2. The first-order chi connectivity index (χ1) is 13.7. The summed E-state index contributed by atoms with van der Waals surface area (Å²) in [5.41, 5.74) is 4.14. The molecule has 0 spiro atoms. The number of H-pyrrole nitrogens is 1. The number of rotatable bonds is 5. The summed E-state index contributed by atoms with van der Waals surface area (Å²) in [5, 5.41) is 0. The number of fused-ring (bicyclic) bond motifs is 1. The number of hydrogen-bond acceptors (Lipinski definition) is 2. The second-order valence-corrected chi connectivity index (χ2v) is 7.36. The first kappa shape index (κ1) is 18.2. The van der Waals surface area contributed by atoms with Gasteiger partial charge in [0.1, 0.15) is 5.56 Å². The standard InChI is InChI=1S/C24H24N2O2/c27-23-21(15-20-13-7-8-14-22(20)25-23)24(28)26(16-18-9-3-1-4-10-18)17-19-11-5-2-6-12-19/h1-6,9-12,15H,7-8,13-14,16-17H2,(H,25,27). The van der Waals surface area contributed by atoms with Gasteiger partial charge in [0.15, 0.2) is 0 Å². The Morgan fingerprint density at radius 3 is 2.04 bits per heavy atom. The molecule has 0 atom stereocenters. The van der Waals surface area contributed by atoms with Gasteiger partial charge in [-0.3, -0.25) is 9.59 Å². The van der Waals surface area contributed by atoms with E-state index in [1.807, 2.05) is 66.7 Å². The summed E-state index contributed by atoms with van der Waals surface area (Å²) < 4.78 is 0. The van der Waals surface area contributed by atoms with Gasteiger partial charge < -0.3 is 9.88 Å². The minimum absolute atomic E-state index is 0.220. The molecule has 4 nitrogen and oxygen atoms in total. The number of nitrogens with one attached hydrogen (secondary N) is 1. The van der Waals surface area contributed by atoms with E-state index in [1.165, 1.54) is 0 Å². The molecule has 0 bridgehead atoms. The molecule has 0 saturated heterocycles. The number of amides is 1. The van der Waals surface area contributed by atoms with Crippen molar-refractivity contribution in [1.82, 2.24) is 9.88 Å². The van der Waals surface area contributed by atoms with Crippen LogP contribution in [0.5, 0.6) is 0 Å². The van der Waals surface area contributed by atoms with Crippen molar-refractivity contribution in [2.75, 3.05) is 0 Å². The Bertz CT molecular complexity index is 968. The van der Waals surface area contributed by atoms with Crippen LogP contribution >= 0.6 is 0 Å². The highest BCUT2D eigenvalue weighted by Gasteiger charge is 2.22. The molecule has 1 aliphatic rings. The summed E-state index contributed by atoms with van der Waals surface area (Å²) in [7, 11) is 0. The maximum Gasteiger partial charge on any atom is 0.261 e. The molecule has 0 saturated carbocycles. The number of aryl methyl sites for hydroxylation is 2. The fraction of sp³-hybridized carbons (Fsp3) is 0.250. The van der Waals surface area contributed by atoms with Crippen molar-refractivity contribution < 1.29 is 4.79 Å². The lowest BCUT2D eigenvalue weighted by molar-refractivity contribution is 0.0728. The van der Waals surface area contributed by atoms with E-state index in [-0.39, 0.29) is 17.0 Å². The average molecular weight is 372 g/mol. The molecule has 4 heteroatoms. The second kappa shape index (κ2) is 8.26. The highest BCUT2D eigenvalue weighted by Crippen LogP contribution is 2.20. The third-order valence-corrected chi connectivity index (χ3v) is 5.29. The fourth-order valence-corrected chi connectivity index (χ4v) is 3.81. The lowest BCUT2D eigenvalue weighted by Gasteiger charge is -2.24. The van der Waals surface area contributed by atoms with E-state index in [4.69, 9.17) is 0 Å². The van der Waals surface area contributed by atoms with Crippen LogP contribution in [-0.2, 0) is 25.9 Å². The highest BCUT2D eigenvalue weighted by molar-refractivity contribution is 5.94. The van der Waals surface area contributed by atoms with Gasteiger partial charge >= 0.3 is 0 Å². The predicted molar refractivity (Wildman–Crippen MR) is 110 cm³/mol. The van der Waals surface area contributed by atoms with Crippen LogP contribution in [0.4, 0.5) is 0 Å². The number of carbonyl (C=O) groups is 1. The molecule has 1 amide bonds. The Morgan fingerprint density at radius 2 is 1.43 bits per heavy atom. The van der Waals surface area contributed by atoms with Crippen LogP contribution in [-0.4, -0.2) is 15.8 Å². The van der Waals surface area contributed by atoms with Gasteiger partial charge in [-0.25, -0.2) is 0 Å². The molecule has 1 aliphatic carbocycles. The Hall–Kier alpha value is -3.14. The first-order valence-corrected chi connectivity index (χ1v) is 9.83. The van der Waals surface area contributed by atoms with Gasteiger partial charge in [0.25, 0.3) is 11.5 Å². The van der Waals surface area contributed by atoms with E-state index >= 15 is 0 Å². The minimum atomic E-state index is -0.281. The highest BCUT2D eigenvalue weighted by atomic mass is 16.2. The summed E-state index contributed by atoms with van der Waals surface area (Å²) in [4.78, 5) is 30.7. The number of nitrogens with zero attached hydrogens (tertiary/aromatic N) is 1. The Labute approximate surface area is 164 Å². The average Bonchev–Trinajstić information content (AvgIpc) is 2.74. The van der Waals surface area contributed by atoms with Crippen molar-refractivity contribution in [3.63, 3.8) is 0 Å². The number of pyridine rings is 1. The molecular weight excluding hydrogens is 348 g/mol. The topological polar surface area (TPSA) is 53.2 Å². The number of hydrogen-bond donors (Lipinski definition) is 1. The van der Waals surface area contributed by atoms with Crippen molar-refractivity contribution in [2.45, 2.75) is 38.8 Å². The van der Waals surface area contributed by atoms with Crippen LogP contribution in [0.1, 0.15) is 45.6 Å². The quantitative estimate of drug-likeness (QED) is 0.733. The summed E-state index contributed by atoms with van der Waals surface area (Å²) in [6, 6.07) is 21.6. The van der Waals surface area contributed by atoms with Crippen molar-refractivity contribution >= 4 is 5.91 Å². The lowest BCUT2D eigenvalue weighted by atomic mass is 9.95. The number of carbonyl (C=O) groups excluding carboxylic acids is 1. The van der Waals surface area contributed by atoms with E-state index in [0.29, 0.717) is 13.1 Å². The Kier molecular flexibility index (Phi) is 5.38. The molecule has 0 unspecified atom stereocenters. The largest absolute Gasteiger partial charge is 0.330 e. The second-order valence-electron chi connectivity index (χ2n) is 7.36. The summed E-state index contributed by atoms with van der Waals surface area (Å²) in [6.07, 6.45) is 4.00. The van der Waals surface area contributed by atoms with Crippen molar-refractivity contribution in [3.05, 3.63) is 105 Å². The Morgan fingerprint density at radius 1 is 0.857 bits per heavy atom. The maximum atomic E-state index is 13.4. The molecule has 0 aliphatic heterocycles. The minimum Gasteiger partial charge on any atom is -0.330 e. The number of aromatic nitrogens is 1. The molecule has 1 heterocycles. The van der Waals surface area contributed by atoms with Crippen LogP contribution in [0.2, 0.25) is 0 Å².